The first kappa shape index (κ1) is 22.9. The molecule has 8 nitrogen and oxygen atoms in total. The molecule has 0 aliphatic carbocycles. The number of benzene rings is 2. The van der Waals surface area contributed by atoms with E-state index in [4.69, 9.17) is 23.2 Å². The van der Waals surface area contributed by atoms with Crippen molar-refractivity contribution in [3.8, 4) is 28.6 Å². The lowest BCUT2D eigenvalue weighted by Gasteiger charge is -2.20. The Morgan fingerprint density at radius 3 is 2.26 bits per heavy atom. The summed E-state index contributed by atoms with van der Waals surface area (Å²) in [4.78, 5) is 14.6. The molecular formula is C25H23FN2O6. The minimum absolute atomic E-state index is 0.144. The van der Waals surface area contributed by atoms with E-state index in [1.54, 1.807) is 47.4 Å². The molecule has 2 aromatic carbocycles. The Morgan fingerprint density at radius 1 is 0.971 bits per heavy atom. The quantitative estimate of drug-likeness (QED) is 0.345. The van der Waals surface area contributed by atoms with Gasteiger partial charge in [-0.2, -0.15) is 0 Å². The summed E-state index contributed by atoms with van der Waals surface area (Å²) < 4.78 is 40.3. The van der Waals surface area contributed by atoms with Gasteiger partial charge in [0.15, 0.2) is 23.0 Å². The molecule has 1 amide bonds. The lowest BCUT2D eigenvalue weighted by Crippen LogP contribution is -2.30. The highest BCUT2D eigenvalue weighted by Crippen LogP contribution is 2.41. The van der Waals surface area contributed by atoms with Crippen LogP contribution in [0.2, 0.25) is 0 Å². The van der Waals surface area contributed by atoms with E-state index in [-0.39, 0.29) is 30.6 Å². The van der Waals surface area contributed by atoms with Gasteiger partial charge in [-0.25, -0.2) is 4.39 Å². The van der Waals surface area contributed by atoms with Gasteiger partial charge in [0.05, 0.1) is 34.1 Å². The predicted octanol–water partition coefficient (Wildman–Crippen LogP) is 4.94. The van der Waals surface area contributed by atoms with Gasteiger partial charge in [0.1, 0.15) is 11.5 Å². The second-order valence-corrected chi connectivity index (χ2v) is 7.36. The number of carbonyl (C=O) groups excluding carboxylic acids is 1. The van der Waals surface area contributed by atoms with Crippen LogP contribution < -0.4 is 14.2 Å². The third-order valence-electron chi connectivity index (χ3n) is 5.17. The number of halogens is 1. The number of nitrogens with zero attached hydrogens (tertiary/aromatic N) is 2. The zero-order valence-electron chi connectivity index (χ0n) is 18.9. The van der Waals surface area contributed by atoms with Crippen molar-refractivity contribution in [2.75, 3.05) is 21.3 Å². The number of hydrogen-bond donors (Lipinski definition) is 0. The maximum atomic E-state index is 13.3. The van der Waals surface area contributed by atoms with Gasteiger partial charge < -0.3 is 28.1 Å². The van der Waals surface area contributed by atoms with E-state index >= 15 is 0 Å². The lowest BCUT2D eigenvalue weighted by molar-refractivity contribution is 0.0694. The molecule has 0 aliphatic heterocycles. The van der Waals surface area contributed by atoms with Crippen LogP contribution in [0.3, 0.4) is 0 Å². The van der Waals surface area contributed by atoms with Crippen molar-refractivity contribution in [1.29, 1.82) is 0 Å². The van der Waals surface area contributed by atoms with Crippen LogP contribution in [0.1, 0.15) is 21.8 Å². The minimum atomic E-state index is -0.348. The zero-order chi connectivity index (χ0) is 24.1. The van der Waals surface area contributed by atoms with Gasteiger partial charge in [0.25, 0.3) is 5.91 Å². The molecule has 0 N–H and O–H groups in total. The summed E-state index contributed by atoms with van der Waals surface area (Å²) in [5.41, 5.74) is 1.94. The van der Waals surface area contributed by atoms with E-state index < -0.39 is 0 Å². The Kier molecular flexibility index (Phi) is 6.82. The van der Waals surface area contributed by atoms with Gasteiger partial charge >= 0.3 is 0 Å². The van der Waals surface area contributed by atoms with Crippen molar-refractivity contribution >= 4 is 5.91 Å². The van der Waals surface area contributed by atoms with Crippen molar-refractivity contribution in [2.45, 2.75) is 13.1 Å². The van der Waals surface area contributed by atoms with Crippen molar-refractivity contribution in [3.05, 3.63) is 83.7 Å². The number of methoxy groups -OCH3 is 3. The zero-order valence-corrected chi connectivity index (χ0v) is 18.9. The summed E-state index contributed by atoms with van der Waals surface area (Å²) >= 11 is 0. The van der Waals surface area contributed by atoms with Crippen LogP contribution >= 0.6 is 0 Å². The minimum Gasteiger partial charge on any atom is -0.493 e. The third-order valence-corrected chi connectivity index (χ3v) is 5.17. The molecule has 34 heavy (non-hydrogen) atoms. The van der Waals surface area contributed by atoms with Gasteiger partial charge in [-0.3, -0.25) is 4.79 Å². The summed E-state index contributed by atoms with van der Waals surface area (Å²) in [6.07, 6.45) is 1.43. The smallest absolute Gasteiger partial charge is 0.290 e. The van der Waals surface area contributed by atoms with E-state index in [2.05, 4.69) is 5.16 Å². The topological polar surface area (TPSA) is 87.2 Å². The number of aromatic nitrogens is 1. The van der Waals surface area contributed by atoms with Crippen LogP contribution in [0.4, 0.5) is 4.39 Å². The molecule has 4 rings (SSSR count). The first-order valence-electron chi connectivity index (χ1n) is 10.4. The number of furan rings is 1. The summed E-state index contributed by atoms with van der Waals surface area (Å²) in [5, 5.41) is 4.13. The molecule has 0 atom stereocenters. The van der Waals surface area contributed by atoms with Crippen LogP contribution in [0, 0.1) is 5.82 Å². The Balaban J connectivity index is 1.61. The Bertz CT molecular complexity index is 1230. The summed E-state index contributed by atoms with van der Waals surface area (Å²) in [6.45, 7) is 0.372. The maximum Gasteiger partial charge on any atom is 0.290 e. The molecule has 0 radical (unpaired) electrons. The molecule has 2 aromatic heterocycles. The van der Waals surface area contributed by atoms with Crippen LogP contribution in [0.25, 0.3) is 11.3 Å². The van der Waals surface area contributed by atoms with Crippen molar-refractivity contribution in [2.24, 2.45) is 0 Å². The summed E-state index contributed by atoms with van der Waals surface area (Å²) in [6, 6.07) is 14.4. The van der Waals surface area contributed by atoms with Crippen LogP contribution in [-0.4, -0.2) is 37.3 Å². The fourth-order valence-electron chi connectivity index (χ4n) is 3.51. The normalized spacial score (nSPS) is 10.7. The molecule has 2 heterocycles. The Morgan fingerprint density at radius 2 is 1.68 bits per heavy atom. The van der Waals surface area contributed by atoms with Gasteiger partial charge in [0.2, 0.25) is 5.75 Å². The van der Waals surface area contributed by atoms with Gasteiger partial charge in [-0.15, -0.1) is 0 Å². The number of hydrogen-bond acceptors (Lipinski definition) is 7. The molecule has 4 aromatic rings. The first-order valence-corrected chi connectivity index (χ1v) is 10.4. The van der Waals surface area contributed by atoms with Gasteiger partial charge in [0, 0.05) is 18.2 Å². The average molecular weight is 466 g/mol. The highest BCUT2D eigenvalue weighted by Gasteiger charge is 2.22. The van der Waals surface area contributed by atoms with Crippen LogP contribution in [-0.2, 0) is 13.1 Å². The highest BCUT2D eigenvalue weighted by molar-refractivity contribution is 5.91. The average Bonchev–Trinajstić information content (AvgIpc) is 3.56. The molecule has 9 heteroatoms. The third kappa shape index (κ3) is 4.88. The molecule has 176 valence electrons. The van der Waals surface area contributed by atoms with Crippen molar-refractivity contribution in [3.63, 3.8) is 0 Å². The predicted molar refractivity (Wildman–Crippen MR) is 120 cm³/mol. The second-order valence-electron chi connectivity index (χ2n) is 7.36. The monoisotopic (exact) mass is 466 g/mol. The van der Waals surface area contributed by atoms with Crippen molar-refractivity contribution in [1.82, 2.24) is 10.1 Å². The van der Waals surface area contributed by atoms with Crippen molar-refractivity contribution < 1.29 is 32.3 Å². The van der Waals surface area contributed by atoms with Gasteiger partial charge in [-0.1, -0.05) is 17.3 Å². The van der Waals surface area contributed by atoms with E-state index in [0.29, 0.717) is 34.3 Å². The molecule has 0 saturated heterocycles. The Labute approximate surface area is 195 Å². The summed E-state index contributed by atoms with van der Waals surface area (Å²) in [7, 11) is 4.58. The molecule has 0 unspecified atom stereocenters. The fourth-order valence-corrected chi connectivity index (χ4v) is 3.51. The van der Waals surface area contributed by atoms with Crippen LogP contribution in [0.5, 0.6) is 17.2 Å². The van der Waals surface area contributed by atoms with E-state index in [1.165, 1.54) is 39.7 Å². The molecule has 0 spiro atoms. The molecule has 0 fully saturated rings. The number of carbonyl (C=O) groups is 1. The lowest BCUT2D eigenvalue weighted by atomic mass is 10.1. The van der Waals surface area contributed by atoms with Gasteiger partial charge in [-0.05, 0) is 42.0 Å². The van der Waals surface area contributed by atoms with E-state index in [1.807, 2.05) is 0 Å². The largest absolute Gasteiger partial charge is 0.493 e. The number of amides is 1. The van der Waals surface area contributed by atoms with Crippen LogP contribution in [0.15, 0.2) is 69.8 Å². The molecule has 0 saturated carbocycles. The first-order chi connectivity index (χ1) is 16.5. The SMILES string of the molecule is COc1cc(-c2cc(CN(Cc3ccc(F)cc3)C(=O)c3ccco3)no2)cc(OC)c1OC. The Hall–Kier alpha value is -4.27. The highest BCUT2D eigenvalue weighted by atomic mass is 19.1. The standard InChI is InChI=1S/C25H23FN2O6/c1-30-22-11-17(12-23(31-2)24(22)32-3)21-13-19(27-34-21)15-28(25(29)20-5-4-10-33-20)14-16-6-8-18(26)9-7-16/h4-13H,14-15H2,1-3H3. The number of ether oxygens (including phenoxy) is 3. The molecule has 0 bridgehead atoms. The maximum absolute atomic E-state index is 13.3. The fraction of sp³-hybridized carbons (Fsp3) is 0.200. The van der Waals surface area contributed by atoms with E-state index in [0.717, 1.165) is 5.56 Å². The second kappa shape index (κ2) is 10.1. The number of rotatable bonds is 9. The summed E-state index contributed by atoms with van der Waals surface area (Å²) in [5.74, 6) is 1.38. The molecule has 0 aliphatic rings. The van der Waals surface area contributed by atoms with E-state index in [9.17, 15) is 9.18 Å². The molecular weight excluding hydrogens is 443 g/mol.